The van der Waals surface area contributed by atoms with Crippen LogP contribution in [0.1, 0.15) is 0 Å². The van der Waals surface area contributed by atoms with Gasteiger partial charge >= 0.3 is 0 Å². The van der Waals surface area contributed by atoms with Crippen molar-refractivity contribution in [3.05, 3.63) is 21.4 Å². The highest BCUT2D eigenvalue weighted by molar-refractivity contribution is 6.30. The van der Waals surface area contributed by atoms with E-state index in [4.69, 9.17) is 21.8 Å². The highest BCUT2D eigenvalue weighted by atomic mass is 35.5. The molecular weight excluding hydrogens is 158 g/mol. The summed E-state index contributed by atoms with van der Waals surface area (Å²) in [5.74, 6) is -1.01. The summed E-state index contributed by atoms with van der Waals surface area (Å²) in [5.41, 5.74) is -0.628. The molecule has 0 aliphatic heterocycles. The SMILES string of the molecule is O=c1[nH]c(O)c(O)cc1Cl. The number of aromatic hydroxyl groups is 2. The molecular formula is C5H4ClNO3. The normalized spacial score (nSPS) is 9.70. The lowest BCUT2D eigenvalue weighted by Gasteiger charge is -1.94. The van der Waals surface area contributed by atoms with E-state index in [0.717, 1.165) is 6.07 Å². The molecule has 1 aromatic heterocycles. The average Bonchev–Trinajstić information content (AvgIpc) is 1.84. The molecule has 4 nitrogen and oxygen atoms in total. The van der Waals surface area contributed by atoms with Gasteiger partial charge in [-0.15, -0.1) is 0 Å². The van der Waals surface area contributed by atoms with Crippen molar-refractivity contribution in [2.24, 2.45) is 0 Å². The fourth-order valence-electron chi connectivity index (χ4n) is 0.485. The van der Waals surface area contributed by atoms with E-state index >= 15 is 0 Å². The number of aromatic amines is 1. The fourth-order valence-corrected chi connectivity index (χ4v) is 0.636. The Bertz CT molecular complexity index is 306. The van der Waals surface area contributed by atoms with E-state index in [1.54, 1.807) is 0 Å². The maximum absolute atomic E-state index is 10.5. The zero-order valence-corrected chi connectivity index (χ0v) is 5.51. The maximum atomic E-state index is 10.5. The smallest absolute Gasteiger partial charge is 0.269 e. The first-order valence-electron chi connectivity index (χ1n) is 2.42. The van der Waals surface area contributed by atoms with E-state index in [1.165, 1.54) is 0 Å². The Kier molecular flexibility index (Phi) is 1.55. The molecule has 0 fully saturated rings. The highest BCUT2D eigenvalue weighted by Crippen LogP contribution is 2.20. The van der Waals surface area contributed by atoms with Gasteiger partial charge in [0.1, 0.15) is 5.02 Å². The number of hydrogen-bond acceptors (Lipinski definition) is 3. The Labute approximate surface area is 60.7 Å². The molecule has 1 heterocycles. The van der Waals surface area contributed by atoms with Crippen molar-refractivity contribution in [3.63, 3.8) is 0 Å². The molecule has 10 heavy (non-hydrogen) atoms. The van der Waals surface area contributed by atoms with Crippen LogP contribution in [0, 0.1) is 0 Å². The molecule has 1 rings (SSSR count). The molecule has 0 aliphatic rings. The minimum absolute atomic E-state index is 0.157. The van der Waals surface area contributed by atoms with Crippen LogP contribution in [-0.4, -0.2) is 15.2 Å². The van der Waals surface area contributed by atoms with Crippen molar-refractivity contribution in [3.8, 4) is 11.6 Å². The first kappa shape index (κ1) is 6.95. The van der Waals surface area contributed by atoms with Crippen molar-refractivity contribution in [1.29, 1.82) is 0 Å². The van der Waals surface area contributed by atoms with Gasteiger partial charge in [-0.2, -0.15) is 0 Å². The first-order valence-corrected chi connectivity index (χ1v) is 2.80. The van der Waals surface area contributed by atoms with Gasteiger partial charge in [-0.05, 0) is 0 Å². The standard InChI is InChI=1S/C5H4ClNO3/c6-2-1-3(8)5(10)7-4(2)9/h1,8H,(H2,7,9,10). The molecule has 0 spiro atoms. The molecule has 0 radical (unpaired) electrons. The molecule has 0 saturated carbocycles. The Morgan fingerprint density at radius 3 is 2.60 bits per heavy atom. The molecule has 0 aromatic carbocycles. The zero-order valence-electron chi connectivity index (χ0n) is 4.76. The van der Waals surface area contributed by atoms with E-state index in [9.17, 15) is 4.79 Å². The quantitative estimate of drug-likeness (QED) is 0.517. The Hall–Kier alpha value is -1.16. The van der Waals surface area contributed by atoms with Gasteiger partial charge < -0.3 is 10.2 Å². The van der Waals surface area contributed by atoms with Crippen LogP contribution in [0.15, 0.2) is 10.9 Å². The molecule has 0 atom stereocenters. The molecule has 0 unspecified atom stereocenters. The summed E-state index contributed by atoms with van der Waals surface area (Å²) >= 11 is 5.27. The van der Waals surface area contributed by atoms with Gasteiger partial charge in [0, 0.05) is 6.07 Å². The Morgan fingerprint density at radius 1 is 1.50 bits per heavy atom. The molecule has 3 N–H and O–H groups in total. The summed E-state index contributed by atoms with van der Waals surface area (Å²) in [6.07, 6.45) is 0. The van der Waals surface area contributed by atoms with Crippen molar-refractivity contribution in [2.45, 2.75) is 0 Å². The molecule has 0 saturated heterocycles. The monoisotopic (exact) mass is 161 g/mol. The predicted octanol–water partition coefficient (Wildman–Crippen LogP) is 0.439. The summed E-state index contributed by atoms with van der Waals surface area (Å²) in [5, 5.41) is 17.2. The van der Waals surface area contributed by atoms with E-state index in [1.807, 2.05) is 4.98 Å². The van der Waals surface area contributed by atoms with Crippen molar-refractivity contribution in [2.75, 3.05) is 0 Å². The number of rotatable bonds is 0. The van der Waals surface area contributed by atoms with Crippen LogP contribution in [0.4, 0.5) is 0 Å². The highest BCUT2D eigenvalue weighted by Gasteiger charge is 2.02. The van der Waals surface area contributed by atoms with Crippen LogP contribution >= 0.6 is 11.6 Å². The molecule has 54 valence electrons. The van der Waals surface area contributed by atoms with Gasteiger partial charge in [0.05, 0.1) is 0 Å². The maximum Gasteiger partial charge on any atom is 0.269 e. The lowest BCUT2D eigenvalue weighted by atomic mass is 10.4. The number of nitrogens with one attached hydrogen (secondary N) is 1. The second-order valence-electron chi connectivity index (χ2n) is 1.68. The van der Waals surface area contributed by atoms with Crippen LogP contribution in [-0.2, 0) is 0 Å². The van der Waals surface area contributed by atoms with Gasteiger partial charge in [-0.1, -0.05) is 11.6 Å². The van der Waals surface area contributed by atoms with Crippen molar-refractivity contribution >= 4 is 11.6 Å². The van der Waals surface area contributed by atoms with E-state index < -0.39 is 17.2 Å². The molecule has 0 amide bonds. The second-order valence-corrected chi connectivity index (χ2v) is 2.09. The summed E-state index contributed by atoms with van der Waals surface area (Å²) in [6.45, 7) is 0. The summed E-state index contributed by atoms with van der Waals surface area (Å²) in [4.78, 5) is 12.5. The minimum atomic E-state index is -0.628. The summed E-state index contributed by atoms with van der Waals surface area (Å²) < 4.78 is 0. The first-order chi connectivity index (χ1) is 4.61. The van der Waals surface area contributed by atoms with Gasteiger partial charge in [0.15, 0.2) is 5.75 Å². The number of H-pyrrole nitrogens is 1. The van der Waals surface area contributed by atoms with Crippen LogP contribution < -0.4 is 5.56 Å². The fraction of sp³-hybridized carbons (Fsp3) is 0. The molecule has 1 aromatic rings. The van der Waals surface area contributed by atoms with E-state index in [-0.39, 0.29) is 5.02 Å². The van der Waals surface area contributed by atoms with Crippen LogP contribution in [0.2, 0.25) is 5.02 Å². The number of hydrogen-bond donors (Lipinski definition) is 3. The third-order valence-corrected chi connectivity index (χ3v) is 1.24. The second kappa shape index (κ2) is 2.22. The third kappa shape index (κ3) is 1.06. The largest absolute Gasteiger partial charge is 0.503 e. The van der Waals surface area contributed by atoms with Crippen molar-refractivity contribution in [1.82, 2.24) is 4.98 Å². The number of pyridine rings is 1. The number of halogens is 1. The molecule has 5 heteroatoms. The van der Waals surface area contributed by atoms with Gasteiger partial charge in [0.25, 0.3) is 5.56 Å². The van der Waals surface area contributed by atoms with E-state index in [2.05, 4.69) is 0 Å². The zero-order chi connectivity index (χ0) is 7.72. The minimum Gasteiger partial charge on any atom is -0.503 e. The van der Waals surface area contributed by atoms with Gasteiger partial charge in [-0.25, -0.2) is 0 Å². The van der Waals surface area contributed by atoms with Crippen molar-refractivity contribution < 1.29 is 10.2 Å². The van der Waals surface area contributed by atoms with Crippen LogP contribution in [0.25, 0.3) is 0 Å². The summed E-state index contributed by atoms with van der Waals surface area (Å²) in [7, 11) is 0. The molecule has 0 aliphatic carbocycles. The van der Waals surface area contributed by atoms with Crippen LogP contribution in [0.5, 0.6) is 11.6 Å². The van der Waals surface area contributed by atoms with E-state index in [0.29, 0.717) is 0 Å². The molecule has 0 bridgehead atoms. The van der Waals surface area contributed by atoms with Crippen LogP contribution in [0.3, 0.4) is 0 Å². The van der Waals surface area contributed by atoms with Gasteiger partial charge in [-0.3, -0.25) is 9.78 Å². The predicted molar refractivity (Wildman–Crippen MR) is 35.4 cm³/mol. The Morgan fingerprint density at radius 2 is 2.10 bits per heavy atom. The lowest BCUT2D eigenvalue weighted by Crippen LogP contribution is -2.04. The average molecular weight is 162 g/mol. The lowest BCUT2D eigenvalue weighted by molar-refractivity contribution is 0.387. The summed E-state index contributed by atoms with van der Waals surface area (Å²) in [6, 6.07) is 0.968. The number of aromatic nitrogens is 1. The third-order valence-electron chi connectivity index (χ3n) is 0.955. The Balaban J connectivity index is 3.43. The topological polar surface area (TPSA) is 73.3 Å². The van der Waals surface area contributed by atoms with Gasteiger partial charge in [0.2, 0.25) is 5.88 Å².